The first kappa shape index (κ1) is 22.5. The van der Waals surface area contributed by atoms with Crippen LogP contribution in [0.3, 0.4) is 0 Å². The van der Waals surface area contributed by atoms with Gasteiger partial charge >= 0.3 is 6.36 Å². The molecule has 0 unspecified atom stereocenters. The summed E-state index contributed by atoms with van der Waals surface area (Å²) in [5, 5.41) is 10.8. The molecule has 1 heterocycles. The largest absolute Gasteiger partial charge is 0.573 e. The molecule has 3 aromatic carbocycles. The third kappa shape index (κ3) is 5.03. The Hall–Kier alpha value is -2.70. The maximum atomic E-state index is 12.7. The molecule has 1 N–H and O–H groups in total. The fourth-order valence-electron chi connectivity index (χ4n) is 4.41. The predicted octanol–water partition coefficient (Wildman–Crippen LogP) is 6.78. The second-order valence-corrected chi connectivity index (χ2v) is 8.43. The minimum Gasteiger partial charge on any atom is -0.406 e. The van der Waals surface area contributed by atoms with Crippen LogP contribution in [0.2, 0.25) is 5.02 Å². The molecule has 3 aromatic rings. The van der Waals surface area contributed by atoms with Crippen LogP contribution in [-0.4, -0.2) is 24.1 Å². The van der Waals surface area contributed by atoms with Crippen LogP contribution >= 0.6 is 11.6 Å². The molecule has 0 fully saturated rings. The normalized spacial score (nSPS) is 17.1. The maximum absolute atomic E-state index is 12.7. The van der Waals surface area contributed by atoms with E-state index >= 15 is 0 Å². The highest BCUT2D eigenvalue weighted by Crippen LogP contribution is 2.43. The Labute approximate surface area is 190 Å². The number of β-amino-alcohol motifs (C(OH)–C–C–N with tert-alkyl or cyclic N) is 1. The molecule has 0 saturated heterocycles. The number of ether oxygens (including phenoxy) is 1. The van der Waals surface area contributed by atoms with Crippen molar-refractivity contribution in [3.63, 3.8) is 0 Å². The van der Waals surface area contributed by atoms with E-state index in [0.717, 1.165) is 28.8 Å². The fourth-order valence-corrected chi connectivity index (χ4v) is 4.60. The summed E-state index contributed by atoms with van der Waals surface area (Å²) in [7, 11) is 0. The average molecular weight is 462 g/mol. The highest BCUT2D eigenvalue weighted by molar-refractivity contribution is 6.30. The molecule has 0 bridgehead atoms. The molecule has 0 radical (unpaired) electrons. The smallest absolute Gasteiger partial charge is 0.406 e. The average Bonchev–Trinajstić information content (AvgIpc) is 2.72. The lowest BCUT2D eigenvalue weighted by Crippen LogP contribution is -2.38. The molecule has 2 atom stereocenters. The molecule has 1 aliphatic heterocycles. The third-order valence-electron chi connectivity index (χ3n) is 5.58. The van der Waals surface area contributed by atoms with Crippen molar-refractivity contribution in [2.75, 3.05) is 11.4 Å². The van der Waals surface area contributed by atoms with Crippen LogP contribution in [0.25, 0.3) is 11.1 Å². The van der Waals surface area contributed by atoms with E-state index in [9.17, 15) is 18.3 Å². The number of aliphatic hydroxyl groups excluding tert-OH is 1. The van der Waals surface area contributed by atoms with E-state index in [0.29, 0.717) is 23.6 Å². The van der Waals surface area contributed by atoms with Crippen LogP contribution in [-0.2, 0) is 6.42 Å². The number of hydrogen-bond acceptors (Lipinski definition) is 3. The van der Waals surface area contributed by atoms with Crippen LogP contribution in [0.5, 0.6) is 5.75 Å². The van der Waals surface area contributed by atoms with Crippen molar-refractivity contribution in [2.45, 2.75) is 38.3 Å². The molecule has 0 saturated carbocycles. The Bertz CT molecular complexity index is 1100. The van der Waals surface area contributed by atoms with Gasteiger partial charge in [0.25, 0.3) is 0 Å². The summed E-state index contributed by atoms with van der Waals surface area (Å²) in [4.78, 5) is 2.07. The van der Waals surface area contributed by atoms with E-state index in [4.69, 9.17) is 11.6 Å². The fraction of sp³-hybridized carbons (Fsp3) is 0.280. The van der Waals surface area contributed by atoms with Crippen LogP contribution in [0, 0.1) is 0 Å². The molecule has 0 amide bonds. The Morgan fingerprint density at radius 2 is 1.84 bits per heavy atom. The summed E-state index contributed by atoms with van der Waals surface area (Å²) < 4.78 is 42.3. The SMILES string of the molecule is C[C@@H](O)CN1c2cccc(-c3cccc(Cl)c3)c2CC[C@@H]1c1cccc(OC(F)(F)F)c1. The number of nitrogens with zero attached hydrogens (tertiary/aromatic N) is 1. The van der Waals surface area contributed by atoms with Gasteiger partial charge in [-0.1, -0.05) is 48.0 Å². The zero-order valence-electron chi connectivity index (χ0n) is 17.4. The minimum absolute atomic E-state index is 0.191. The lowest BCUT2D eigenvalue weighted by Gasteiger charge is -2.41. The van der Waals surface area contributed by atoms with Gasteiger partial charge in [-0.3, -0.25) is 0 Å². The summed E-state index contributed by atoms with van der Waals surface area (Å²) in [6.07, 6.45) is -3.94. The van der Waals surface area contributed by atoms with Gasteiger partial charge in [-0.2, -0.15) is 0 Å². The Morgan fingerprint density at radius 3 is 2.56 bits per heavy atom. The van der Waals surface area contributed by atoms with Gasteiger partial charge < -0.3 is 14.7 Å². The van der Waals surface area contributed by atoms with Gasteiger partial charge in [0.1, 0.15) is 5.75 Å². The Kier molecular flexibility index (Phi) is 6.35. The first-order valence-electron chi connectivity index (χ1n) is 10.4. The van der Waals surface area contributed by atoms with Crippen molar-refractivity contribution < 1.29 is 23.0 Å². The van der Waals surface area contributed by atoms with Crippen molar-refractivity contribution in [1.82, 2.24) is 0 Å². The van der Waals surface area contributed by atoms with E-state index in [-0.39, 0.29) is 11.8 Å². The number of rotatable bonds is 5. The van der Waals surface area contributed by atoms with Crippen LogP contribution < -0.4 is 9.64 Å². The van der Waals surface area contributed by atoms with Crippen LogP contribution in [0.1, 0.15) is 30.5 Å². The molecule has 0 aliphatic carbocycles. The molecule has 32 heavy (non-hydrogen) atoms. The highest BCUT2D eigenvalue weighted by Gasteiger charge is 2.33. The first-order chi connectivity index (χ1) is 15.2. The van der Waals surface area contributed by atoms with Gasteiger partial charge in [-0.05, 0) is 72.4 Å². The van der Waals surface area contributed by atoms with Crippen molar-refractivity contribution in [3.8, 4) is 16.9 Å². The van der Waals surface area contributed by atoms with Gasteiger partial charge in [0.05, 0.1) is 12.1 Å². The number of hydrogen-bond donors (Lipinski definition) is 1. The molecular weight excluding hydrogens is 439 g/mol. The quantitative estimate of drug-likeness (QED) is 0.454. The molecule has 168 valence electrons. The summed E-state index contributed by atoms with van der Waals surface area (Å²) in [5.74, 6) is -0.245. The molecule has 4 rings (SSSR count). The van der Waals surface area contributed by atoms with Crippen molar-refractivity contribution in [3.05, 3.63) is 82.9 Å². The topological polar surface area (TPSA) is 32.7 Å². The molecule has 0 spiro atoms. The number of benzene rings is 3. The van der Waals surface area contributed by atoms with Crippen molar-refractivity contribution in [2.24, 2.45) is 0 Å². The van der Waals surface area contributed by atoms with Crippen LogP contribution in [0.15, 0.2) is 66.7 Å². The minimum atomic E-state index is -4.75. The first-order valence-corrected chi connectivity index (χ1v) is 10.8. The lowest BCUT2D eigenvalue weighted by molar-refractivity contribution is -0.274. The van der Waals surface area contributed by atoms with E-state index < -0.39 is 12.5 Å². The van der Waals surface area contributed by atoms with E-state index in [1.54, 1.807) is 19.1 Å². The lowest BCUT2D eigenvalue weighted by atomic mass is 9.86. The molecule has 3 nitrogen and oxygen atoms in total. The standard InChI is InChI=1S/C25H23ClF3NO2/c1-16(31)15-30-23(18-6-3-8-20(14-18)32-25(27,28)29)12-11-22-21(9-4-10-24(22)30)17-5-2-7-19(26)13-17/h2-10,13-14,16,23,31H,11-12,15H2,1H3/t16-,23-/m1/s1. The predicted molar refractivity (Wildman–Crippen MR) is 120 cm³/mol. The zero-order chi connectivity index (χ0) is 22.9. The number of anilines is 1. The monoisotopic (exact) mass is 461 g/mol. The number of fused-ring (bicyclic) bond motifs is 1. The maximum Gasteiger partial charge on any atom is 0.573 e. The van der Waals surface area contributed by atoms with E-state index in [1.807, 2.05) is 42.5 Å². The highest BCUT2D eigenvalue weighted by atomic mass is 35.5. The number of alkyl halides is 3. The van der Waals surface area contributed by atoms with Crippen molar-refractivity contribution >= 4 is 17.3 Å². The second kappa shape index (κ2) is 9.04. The zero-order valence-corrected chi connectivity index (χ0v) is 18.2. The van der Waals surface area contributed by atoms with E-state index in [2.05, 4.69) is 9.64 Å². The summed E-state index contributed by atoms with van der Waals surface area (Å²) >= 11 is 6.20. The molecule has 0 aromatic heterocycles. The summed E-state index contributed by atoms with van der Waals surface area (Å²) in [6, 6.07) is 19.5. The Morgan fingerprint density at radius 1 is 1.09 bits per heavy atom. The van der Waals surface area contributed by atoms with Gasteiger partial charge in [0.2, 0.25) is 0 Å². The van der Waals surface area contributed by atoms with Gasteiger partial charge in [-0.15, -0.1) is 13.2 Å². The molecule has 1 aliphatic rings. The van der Waals surface area contributed by atoms with Gasteiger partial charge in [0, 0.05) is 17.3 Å². The number of halogens is 4. The third-order valence-corrected chi connectivity index (χ3v) is 5.81. The molecular formula is C25H23ClF3NO2. The van der Waals surface area contributed by atoms with E-state index in [1.165, 1.54) is 12.1 Å². The van der Waals surface area contributed by atoms with Gasteiger partial charge in [0.15, 0.2) is 0 Å². The number of aliphatic hydroxyl groups is 1. The van der Waals surface area contributed by atoms with Crippen LogP contribution in [0.4, 0.5) is 18.9 Å². The summed E-state index contributed by atoms with van der Waals surface area (Å²) in [5.41, 5.74) is 4.88. The summed E-state index contributed by atoms with van der Waals surface area (Å²) in [6.45, 7) is 2.05. The molecule has 7 heteroatoms. The van der Waals surface area contributed by atoms with Crippen molar-refractivity contribution in [1.29, 1.82) is 0 Å². The van der Waals surface area contributed by atoms with Gasteiger partial charge in [-0.25, -0.2) is 0 Å². The second-order valence-electron chi connectivity index (χ2n) is 7.99. The Balaban J connectivity index is 1.75.